The molecule has 0 unspecified atom stereocenters. The van der Waals surface area contributed by atoms with E-state index in [0.29, 0.717) is 21.4 Å². The summed E-state index contributed by atoms with van der Waals surface area (Å²) in [4.78, 5) is 43.8. The molecule has 0 aliphatic carbocycles. The fraction of sp³-hybridized carbons (Fsp3) is 0.217. The first-order valence-electron chi connectivity index (χ1n) is 10.3. The molecular weight excluding hydrogens is 481 g/mol. The molecule has 3 aromatic rings. The zero-order valence-electron chi connectivity index (χ0n) is 18.3. The number of benzene rings is 2. The third kappa shape index (κ3) is 4.08. The Balaban J connectivity index is 1.85. The lowest BCUT2D eigenvalue weighted by Crippen LogP contribution is -2.44. The number of aliphatic carboxylic acids is 1. The van der Waals surface area contributed by atoms with Crippen LogP contribution in [0.4, 0.5) is 17.3 Å². The van der Waals surface area contributed by atoms with E-state index in [1.165, 1.54) is 22.6 Å². The van der Waals surface area contributed by atoms with Crippen LogP contribution in [0.1, 0.15) is 29.9 Å². The summed E-state index contributed by atoms with van der Waals surface area (Å²) in [6.07, 6.45) is 1.53. The molecule has 4 N–H and O–H groups in total. The van der Waals surface area contributed by atoms with E-state index >= 15 is 0 Å². The average Bonchev–Trinajstić information content (AvgIpc) is 3.27. The van der Waals surface area contributed by atoms with Gasteiger partial charge in [0, 0.05) is 22.2 Å². The second-order valence-corrected chi connectivity index (χ2v) is 9.15. The quantitative estimate of drug-likeness (QED) is 0.442. The highest BCUT2D eigenvalue weighted by molar-refractivity contribution is 6.35. The smallest absolute Gasteiger partial charge is 0.325 e. The molecule has 0 bridgehead atoms. The van der Waals surface area contributed by atoms with Crippen LogP contribution in [0.15, 0.2) is 48.7 Å². The first-order chi connectivity index (χ1) is 16.0. The molecule has 0 spiro atoms. The van der Waals surface area contributed by atoms with Crippen LogP contribution >= 0.6 is 23.2 Å². The van der Waals surface area contributed by atoms with Crippen LogP contribution in [0.25, 0.3) is 0 Å². The SMILES string of the molecule is C[C@H](NC(=O)c1cnc2n1[C@](C)(Cc1ccc(N)cc1)C(=O)N2c1cc(Cl)cc(Cl)c1)C(=O)O. The van der Waals surface area contributed by atoms with Gasteiger partial charge in [-0.2, -0.15) is 0 Å². The summed E-state index contributed by atoms with van der Waals surface area (Å²) in [6, 6.07) is 10.6. The van der Waals surface area contributed by atoms with E-state index in [-0.39, 0.29) is 24.0 Å². The average molecular weight is 502 g/mol. The number of imidazole rings is 1. The van der Waals surface area contributed by atoms with Gasteiger partial charge in [-0.3, -0.25) is 19.0 Å². The largest absolute Gasteiger partial charge is 0.480 e. The van der Waals surface area contributed by atoms with Crippen LogP contribution in [0, 0.1) is 0 Å². The number of carboxylic acid groups (broad SMARTS) is 1. The standard InChI is InChI=1S/C23H21Cl2N5O4/c1-12(20(32)33)28-19(31)18-11-27-22-29(17-8-14(24)7-15(25)9-17)21(34)23(2,30(18)22)10-13-3-5-16(26)6-4-13/h3-9,11-12H,10,26H2,1-2H3,(H,28,31)(H,32,33)/t12-,23+/m0/s1. The number of halogens is 2. The number of anilines is 3. The van der Waals surface area contributed by atoms with Crippen molar-refractivity contribution in [2.24, 2.45) is 0 Å². The van der Waals surface area contributed by atoms with Gasteiger partial charge in [0.1, 0.15) is 17.3 Å². The molecule has 0 saturated heterocycles. The maximum atomic E-state index is 13.9. The summed E-state index contributed by atoms with van der Waals surface area (Å²) in [5.41, 5.74) is 6.35. The Morgan fingerprint density at radius 1 is 1.18 bits per heavy atom. The van der Waals surface area contributed by atoms with Gasteiger partial charge in [0.05, 0.1) is 11.9 Å². The molecular formula is C23H21Cl2N5O4. The Kier molecular flexibility index (Phi) is 6.01. The molecule has 1 aliphatic heterocycles. The number of amides is 2. The Hall–Kier alpha value is -3.56. The number of carbonyl (C=O) groups is 3. The molecule has 2 amide bonds. The second kappa shape index (κ2) is 8.66. The molecule has 0 saturated carbocycles. The number of hydrogen-bond donors (Lipinski definition) is 3. The summed E-state index contributed by atoms with van der Waals surface area (Å²) >= 11 is 12.4. The van der Waals surface area contributed by atoms with E-state index in [4.69, 9.17) is 28.9 Å². The molecule has 0 fully saturated rings. The van der Waals surface area contributed by atoms with E-state index in [9.17, 15) is 19.5 Å². The van der Waals surface area contributed by atoms with Crippen molar-refractivity contribution in [3.8, 4) is 0 Å². The van der Waals surface area contributed by atoms with Crippen molar-refractivity contribution >= 4 is 58.3 Å². The molecule has 11 heteroatoms. The van der Waals surface area contributed by atoms with Gasteiger partial charge in [-0.15, -0.1) is 0 Å². The maximum Gasteiger partial charge on any atom is 0.325 e. The van der Waals surface area contributed by atoms with Crippen molar-refractivity contribution in [1.82, 2.24) is 14.9 Å². The fourth-order valence-corrected chi connectivity index (χ4v) is 4.51. The minimum Gasteiger partial charge on any atom is -0.480 e. The van der Waals surface area contributed by atoms with Crippen LogP contribution in [0.5, 0.6) is 0 Å². The summed E-state index contributed by atoms with van der Waals surface area (Å²) in [6.45, 7) is 3.04. The number of nitrogen functional groups attached to an aromatic ring is 1. The number of rotatable bonds is 6. The number of nitrogens with zero attached hydrogens (tertiary/aromatic N) is 3. The van der Waals surface area contributed by atoms with Gasteiger partial charge in [0.25, 0.3) is 11.8 Å². The van der Waals surface area contributed by atoms with Crippen molar-refractivity contribution < 1.29 is 19.5 Å². The highest BCUT2D eigenvalue weighted by atomic mass is 35.5. The maximum absolute atomic E-state index is 13.9. The molecule has 0 radical (unpaired) electrons. The summed E-state index contributed by atoms with van der Waals surface area (Å²) < 4.78 is 1.52. The lowest BCUT2D eigenvalue weighted by molar-refractivity contribution is -0.138. The molecule has 176 valence electrons. The highest BCUT2D eigenvalue weighted by Gasteiger charge is 2.51. The first-order valence-corrected chi connectivity index (χ1v) is 11.0. The minimum absolute atomic E-state index is 0.0463. The Bertz CT molecular complexity index is 1290. The van der Waals surface area contributed by atoms with Crippen LogP contribution < -0.4 is 16.0 Å². The van der Waals surface area contributed by atoms with Crippen LogP contribution in [0.2, 0.25) is 10.0 Å². The van der Waals surface area contributed by atoms with Gasteiger partial charge in [0.2, 0.25) is 5.95 Å². The number of aromatic nitrogens is 2. The second-order valence-electron chi connectivity index (χ2n) is 8.27. The van der Waals surface area contributed by atoms with Crippen LogP contribution in [0.3, 0.4) is 0 Å². The summed E-state index contributed by atoms with van der Waals surface area (Å²) in [5, 5.41) is 12.3. The predicted molar refractivity (Wildman–Crippen MR) is 129 cm³/mol. The number of nitrogens with two attached hydrogens (primary N) is 1. The third-order valence-electron chi connectivity index (χ3n) is 5.68. The van der Waals surface area contributed by atoms with Gasteiger partial charge in [-0.05, 0) is 49.7 Å². The normalized spacial score (nSPS) is 18.0. The third-order valence-corrected chi connectivity index (χ3v) is 6.12. The van der Waals surface area contributed by atoms with Crippen molar-refractivity contribution in [2.75, 3.05) is 10.6 Å². The van der Waals surface area contributed by atoms with Crippen molar-refractivity contribution in [3.05, 3.63) is 70.0 Å². The fourth-order valence-electron chi connectivity index (χ4n) is 3.99. The minimum atomic E-state index is -1.27. The van der Waals surface area contributed by atoms with Gasteiger partial charge >= 0.3 is 5.97 Å². The van der Waals surface area contributed by atoms with Crippen molar-refractivity contribution in [1.29, 1.82) is 0 Å². The molecule has 2 aromatic carbocycles. The van der Waals surface area contributed by atoms with Crippen molar-refractivity contribution in [3.63, 3.8) is 0 Å². The number of hydrogen-bond acceptors (Lipinski definition) is 5. The number of carbonyl (C=O) groups excluding carboxylic acids is 2. The predicted octanol–water partition coefficient (Wildman–Crippen LogP) is 3.61. The van der Waals surface area contributed by atoms with Gasteiger partial charge in [-0.1, -0.05) is 35.3 Å². The number of nitrogens with one attached hydrogen (secondary N) is 1. The van der Waals surface area contributed by atoms with Crippen molar-refractivity contribution in [2.45, 2.75) is 31.8 Å². The van der Waals surface area contributed by atoms with E-state index in [0.717, 1.165) is 5.56 Å². The van der Waals surface area contributed by atoms with Gasteiger partial charge < -0.3 is 16.2 Å². The van der Waals surface area contributed by atoms with E-state index in [2.05, 4.69) is 10.3 Å². The first kappa shape index (κ1) is 23.6. The topological polar surface area (TPSA) is 131 Å². The zero-order valence-corrected chi connectivity index (χ0v) is 19.8. The van der Waals surface area contributed by atoms with E-state index in [1.807, 2.05) is 0 Å². The number of fused-ring (bicyclic) bond motifs is 1. The lowest BCUT2D eigenvalue weighted by Gasteiger charge is -2.26. The molecule has 1 aromatic heterocycles. The van der Waals surface area contributed by atoms with Crippen LogP contribution in [-0.4, -0.2) is 38.5 Å². The summed E-state index contributed by atoms with van der Waals surface area (Å²) in [7, 11) is 0. The van der Waals surface area contributed by atoms with E-state index in [1.54, 1.807) is 49.4 Å². The number of carboxylic acids is 1. The van der Waals surface area contributed by atoms with E-state index < -0.39 is 23.5 Å². The molecule has 2 heterocycles. The Morgan fingerprint density at radius 2 is 1.79 bits per heavy atom. The molecule has 9 nitrogen and oxygen atoms in total. The molecule has 1 aliphatic rings. The lowest BCUT2D eigenvalue weighted by atomic mass is 9.91. The monoisotopic (exact) mass is 501 g/mol. The zero-order chi connectivity index (χ0) is 24.8. The summed E-state index contributed by atoms with van der Waals surface area (Å²) in [5.74, 6) is -2.03. The molecule has 2 atom stereocenters. The highest BCUT2D eigenvalue weighted by Crippen LogP contribution is 2.43. The van der Waals surface area contributed by atoms with Gasteiger partial charge in [0.15, 0.2) is 0 Å². The molecule has 4 rings (SSSR count). The Morgan fingerprint density at radius 3 is 2.38 bits per heavy atom. The van der Waals surface area contributed by atoms with Gasteiger partial charge in [-0.25, -0.2) is 9.88 Å². The molecule has 34 heavy (non-hydrogen) atoms. The van der Waals surface area contributed by atoms with Crippen LogP contribution in [-0.2, 0) is 21.5 Å². The Labute approximate surface area is 205 Å².